The number of amidine groups is 1. The smallest absolute Gasteiger partial charge is 0.242 e. The molecule has 1 atom stereocenters. The van der Waals surface area contributed by atoms with Gasteiger partial charge in [-0.1, -0.05) is 43.0 Å². The van der Waals surface area contributed by atoms with E-state index in [-0.39, 0.29) is 11.2 Å². The number of amides is 1. The average molecular weight is 419 g/mol. The molecule has 1 fully saturated rings. The first kappa shape index (κ1) is 20.1. The van der Waals surface area contributed by atoms with Gasteiger partial charge < -0.3 is 4.42 Å². The highest BCUT2D eigenvalue weighted by molar-refractivity contribution is 8.15. The summed E-state index contributed by atoms with van der Waals surface area (Å²) >= 11 is 1.45. The highest BCUT2D eigenvalue weighted by Crippen LogP contribution is 2.31. The first-order valence-electron chi connectivity index (χ1n) is 9.82. The topological polar surface area (TPSA) is 71.1 Å². The highest BCUT2D eigenvalue weighted by Gasteiger charge is 2.38. The molecule has 1 aromatic carbocycles. The molecular weight excluding hydrogens is 396 g/mol. The van der Waals surface area contributed by atoms with E-state index in [2.05, 4.69) is 46.4 Å². The van der Waals surface area contributed by atoms with Gasteiger partial charge in [-0.15, -0.1) is 5.10 Å². The van der Waals surface area contributed by atoms with Crippen LogP contribution in [-0.2, 0) is 24.2 Å². The number of aryl methyl sites for hydroxylation is 1. The van der Waals surface area contributed by atoms with E-state index in [9.17, 15) is 4.79 Å². The molecule has 0 bridgehead atoms. The number of aromatic nitrogens is 1. The summed E-state index contributed by atoms with van der Waals surface area (Å²) in [7, 11) is 0. The number of benzene rings is 1. The van der Waals surface area contributed by atoms with Crippen molar-refractivity contribution >= 4 is 29.1 Å². The molecule has 0 N–H and O–H groups in total. The van der Waals surface area contributed by atoms with Crippen LogP contribution in [0, 0.1) is 0 Å². The summed E-state index contributed by atoms with van der Waals surface area (Å²) < 4.78 is 5.44. The van der Waals surface area contributed by atoms with Gasteiger partial charge in [0.1, 0.15) is 5.76 Å². The normalized spacial score (nSPS) is 18.0. The molecule has 3 heterocycles. The van der Waals surface area contributed by atoms with Crippen molar-refractivity contribution in [3.05, 3.63) is 89.6 Å². The molecule has 0 unspecified atom stereocenters. The zero-order valence-corrected chi connectivity index (χ0v) is 17.5. The van der Waals surface area contributed by atoms with Crippen LogP contribution in [0.4, 0.5) is 0 Å². The third-order valence-electron chi connectivity index (χ3n) is 4.82. The molecule has 0 radical (unpaired) electrons. The minimum Gasteiger partial charge on any atom is -0.467 e. The number of thioether (sulfide) groups is 1. The highest BCUT2D eigenvalue weighted by atomic mass is 32.2. The number of nitrogens with zero attached hydrogens (tertiary/aromatic N) is 4. The Balaban J connectivity index is 1.53. The molecule has 1 saturated heterocycles. The van der Waals surface area contributed by atoms with E-state index >= 15 is 0 Å². The Kier molecular flexibility index (Phi) is 6.39. The van der Waals surface area contributed by atoms with Gasteiger partial charge in [-0.05, 0) is 53.8 Å². The van der Waals surface area contributed by atoms with E-state index in [1.807, 2.05) is 24.3 Å². The van der Waals surface area contributed by atoms with Gasteiger partial charge in [-0.3, -0.25) is 14.7 Å². The van der Waals surface area contributed by atoms with Crippen LogP contribution in [0.3, 0.4) is 0 Å². The molecule has 1 aliphatic heterocycles. The number of hydrogen-bond acceptors (Lipinski definition) is 6. The SMILES string of the molecule is CCc1ccc(C[C@H]2S/C(=N\N=C/c3ccncc3)N(Cc3ccco3)C2=O)cc1. The Morgan fingerprint density at radius 3 is 2.60 bits per heavy atom. The van der Waals surface area contributed by atoms with Crippen molar-refractivity contribution in [2.24, 2.45) is 10.2 Å². The summed E-state index contributed by atoms with van der Waals surface area (Å²) in [5.41, 5.74) is 3.32. The van der Waals surface area contributed by atoms with Crippen LogP contribution in [0.15, 0.2) is 81.8 Å². The van der Waals surface area contributed by atoms with E-state index in [4.69, 9.17) is 4.42 Å². The summed E-state index contributed by atoms with van der Waals surface area (Å²) in [5, 5.41) is 8.88. The van der Waals surface area contributed by atoms with E-state index in [0.717, 1.165) is 17.5 Å². The first-order valence-corrected chi connectivity index (χ1v) is 10.7. The Morgan fingerprint density at radius 2 is 1.90 bits per heavy atom. The van der Waals surface area contributed by atoms with Gasteiger partial charge in [0.25, 0.3) is 0 Å². The standard InChI is InChI=1S/C23H22N4O2S/c1-2-17-5-7-18(8-6-17)14-21-22(28)27(16-20-4-3-13-29-20)23(30-21)26-25-15-19-9-11-24-12-10-19/h3-13,15,21H,2,14,16H2,1H3/b25-15-,26-23-/t21-/m1/s1. The Hall–Kier alpha value is -3.19. The lowest BCUT2D eigenvalue weighted by Crippen LogP contribution is -2.32. The summed E-state index contributed by atoms with van der Waals surface area (Å²) in [5.74, 6) is 0.733. The molecular formula is C23H22N4O2S. The molecule has 0 aliphatic carbocycles. The monoisotopic (exact) mass is 418 g/mol. The van der Waals surface area contributed by atoms with Gasteiger partial charge in [0.05, 0.1) is 24.3 Å². The van der Waals surface area contributed by atoms with Crippen molar-refractivity contribution in [3.63, 3.8) is 0 Å². The number of pyridine rings is 1. The van der Waals surface area contributed by atoms with Crippen LogP contribution in [0.2, 0.25) is 0 Å². The predicted molar refractivity (Wildman–Crippen MR) is 119 cm³/mol. The maximum absolute atomic E-state index is 13.1. The predicted octanol–water partition coefficient (Wildman–Crippen LogP) is 4.31. The number of rotatable bonds is 7. The molecule has 0 spiro atoms. The fourth-order valence-corrected chi connectivity index (χ4v) is 4.27. The number of carbonyl (C=O) groups is 1. The molecule has 0 saturated carbocycles. The average Bonchev–Trinajstić information content (AvgIpc) is 3.39. The molecule has 2 aromatic heterocycles. The second kappa shape index (κ2) is 9.54. The van der Waals surface area contributed by atoms with E-state index in [0.29, 0.717) is 23.9 Å². The lowest BCUT2D eigenvalue weighted by atomic mass is 10.1. The van der Waals surface area contributed by atoms with Gasteiger partial charge in [-0.2, -0.15) is 5.10 Å². The van der Waals surface area contributed by atoms with Gasteiger partial charge in [0.15, 0.2) is 5.17 Å². The van der Waals surface area contributed by atoms with Crippen LogP contribution < -0.4 is 0 Å². The van der Waals surface area contributed by atoms with Crippen LogP contribution in [-0.4, -0.2) is 32.4 Å². The molecule has 3 aromatic rings. The van der Waals surface area contributed by atoms with E-state index in [1.54, 1.807) is 29.8 Å². The second-order valence-electron chi connectivity index (χ2n) is 6.89. The number of carbonyl (C=O) groups excluding carboxylic acids is 1. The molecule has 4 rings (SSSR count). The molecule has 152 valence electrons. The molecule has 7 heteroatoms. The summed E-state index contributed by atoms with van der Waals surface area (Å²) in [6.07, 6.45) is 8.31. The molecule has 30 heavy (non-hydrogen) atoms. The summed E-state index contributed by atoms with van der Waals surface area (Å²) in [4.78, 5) is 18.8. The van der Waals surface area contributed by atoms with Gasteiger partial charge in [0, 0.05) is 12.4 Å². The van der Waals surface area contributed by atoms with Gasteiger partial charge in [0.2, 0.25) is 5.91 Å². The van der Waals surface area contributed by atoms with Crippen molar-refractivity contribution < 1.29 is 9.21 Å². The maximum Gasteiger partial charge on any atom is 0.242 e. The number of hydrogen-bond donors (Lipinski definition) is 0. The van der Waals surface area contributed by atoms with Crippen molar-refractivity contribution in [2.75, 3.05) is 0 Å². The van der Waals surface area contributed by atoms with Crippen molar-refractivity contribution in [1.82, 2.24) is 9.88 Å². The minimum absolute atomic E-state index is 0.0221. The lowest BCUT2D eigenvalue weighted by Gasteiger charge is -2.14. The fraction of sp³-hybridized carbons (Fsp3) is 0.217. The third kappa shape index (κ3) is 4.86. The van der Waals surface area contributed by atoms with Crippen LogP contribution in [0.5, 0.6) is 0 Å². The largest absolute Gasteiger partial charge is 0.467 e. The zero-order valence-electron chi connectivity index (χ0n) is 16.6. The van der Waals surface area contributed by atoms with Gasteiger partial charge in [-0.25, -0.2) is 0 Å². The number of furan rings is 1. The minimum atomic E-state index is -0.234. The summed E-state index contributed by atoms with van der Waals surface area (Å²) in [6, 6.07) is 15.8. The molecule has 1 amide bonds. The molecule has 1 aliphatic rings. The lowest BCUT2D eigenvalue weighted by molar-refractivity contribution is -0.126. The Morgan fingerprint density at radius 1 is 1.13 bits per heavy atom. The Bertz CT molecular complexity index is 1030. The van der Waals surface area contributed by atoms with Crippen LogP contribution >= 0.6 is 11.8 Å². The van der Waals surface area contributed by atoms with Crippen LogP contribution in [0.25, 0.3) is 0 Å². The maximum atomic E-state index is 13.1. The second-order valence-corrected chi connectivity index (χ2v) is 8.06. The summed E-state index contributed by atoms with van der Waals surface area (Å²) in [6.45, 7) is 2.47. The Labute approximate surface area is 179 Å². The zero-order chi connectivity index (χ0) is 20.8. The van der Waals surface area contributed by atoms with Crippen LogP contribution in [0.1, 0.15) is 29.4 Å². The van der Waals surface area contributed by atoms with Crippen molar-refractivity contribution in [1.29, 1.82) is 0 Å². The molecule has 6 nitrogen and oxygen atoms in total. The third-order valence-corrected chi connectivity index (χ3v) is 5.99. The van der Waals surface area contributed by atoms with Crippen molar-refractivity contribution in [2.45, 2.75) is 31.6 Å². The van der Waals surface area contributed by atoms with E-state index in [1.165, 1.54) is 17.3 Å². The van der Waals surface area contributed by atoms with Crippen molar-refractivity contribution in [3.8, 4) is 0 Å². The quantitative estimate of drug-likeness (QED) is 0.423. The van der Waals surface area contributed by atoms with E-state index < -0.39 is 0 Å². The first-order chi connectivity index (χ1) is 14.7. The van der Waals surface area contributed by atoms with Gasteiger partial charge >= 0.3 is 0 Å². The fourth-order valence-electron chi connectivity index (χ4n) is 3.14.